The number of hydrogen-bond donors (Lipinski definition) is 10. The van der Waals surface area contributed by atoms with Gasteiger partial charge in [-0.25, -0.2) is 0 Å². The highest BCUT2D eigenvalue weighted by Crippen LogP contribution is 2.11. The van der Waals surface area contributed by atoms with E-state index in [0.717, 1.165) is 25.1 Å². The Labute approximate surface area is 366 Å². The molecule has 7 amide bonds. The molecule has 5 atom stereocenters. The Morgan fingerprint density at radius 2 is 1.03 bits per heavy atom. The molecule has 0 aromatic heterocycles. The molecule has 0 unspecified atom stereocenters. The summed E-state index contributed by atoms with van der Waals surface area (Å²) >= 11 is 0. The summed E-state index contributed by atoms with van der Waals surface area (Å²) < 4.78 is 0. The fraction of sp³-hybridized carbons (Fsp3) is 0.409. The van der Waals surface area contributed by atoms with Crippen LogP contribution >= 0.6 is 0 Å². The van der Waals surface area contributed by atoms with Crippen molar-refractivity contribution in [1.82, 2.24) is 36.8 Å². The molecule has 0 saturated carbocycles. The molecule has 13 N–H and O–H groups in total. The van der Waals surface area contributed by atoms with Gasteiger partial charge in [-0.05, 0) is 42.4 Å². The van der Waals surface area contributed by atoms with Gasteiger partial charge in [0.2, 0.25) is 41.4 Å². The van der Waals surface area contributed by atoms with Crippen LogP contribution in [-0.2, 0) is 52.8 Å². The maximum Gasteiger partial charge on any atom is 0.245 e. The van der Waals surface area contributed by atoms with Crippen LogP contribution < -0.4 is 49.1 Å². The van der Waals surface area contributed by atoms with Gasteiger partial charge >= 0.3 is 0 Å². The Balaban J connectivity index is 1.52. The van der Waals surface area contributed by atoms with Gasteiger partial charge in [0, 0.05) is 38.9 Å². The highest BCUT2D eigenvalue weighted by molar-refractivity contribution is 5.97. The number of aliphatic imine (C=N–C) groups is 1. The van der Waals surface area contributed by atoms with E-state index < -0.39 is 84.7 Å². The van der Waals surface area contributed by atoms with Gasteiger partial charge in [0.25, 0.3) is 0 Å². The fourth-order valence-electron chi connectivity index (χ4n) is 6.54. The number of hydrogen-bond acceptors (Lipinski definition) is 10. The molecule has 1 heterocycles. The van der Waals surface area contributed by atoms with Crippen molar-refractivity contribution >= 4 is 47.3 Å². The molecule has 3 aromatic carbocycles. The summed E-state index contributed by atoms with van der Waals surface area (Å²) in [5.74, 6) is -4.83. The fourth-order valence-corrected chi connectivity index (χ4v) is 6.54. The number of aliphatic hydroxyl groups excluding tert-OH is 1. The van der Waals surface area contributed by atoms with Gasteiger partial charge in [0.1, 0.15) is 30.2 Å². The zero-order chi connectivity index (χ0) is 45.6. The van der Waals surface area contributed by atoms with Gasteiger partial charge in [0.15, 0.2) is 5.96 Å². The molecule has 1 fully saturated rings. The lowest BCUT2D eigenvalue weighted by atomic mass is 10.0. The number of likely N-dealkylation sites (tertiary alicyclic amines) is 1. The number of carbonyl (C=O) groups is 7. The van der Waals surface area contributed by atoms with Crippen LogP contribution in [0.15, 0.2) is 96.0 Å². The molecular weight excluding hydrogens is 811 g/mol. The number of rotatable bonds is 25. The first kappa shape index (κ1) is 48.8. The first-order valence-electron chi connectivity index (χ1n) is 20.9. The van der Waals surface area contributed by atoms with Crippen molar-refractivity contribution in [2.45, 2.75) is 75.2 Å². The van der Waals surface area contributed by atoms with Gasteiger partial charge in [-0.2, -0.15) is 0 Å². The third kappa shape index (κ3) is 16.8. The number of carbonyl (C=O) groups excluding carboxylic acids is 7. The molecule has 338 valence electrons. The summed E-state index contributed by atoms with van der Waals surface area (Å²) in [6.45, 7) is 0.354. The summed E-state index contributed by atoms with van der Waals surface area (Å²) in [5.41, 5.74) is 19.1. The van der Waals surface area contributed by atoms with Crippen molar-refractivity contribution in [3.63, 3.8) is 0 Å². The molecule has 0 bridgehead atoms. The lowest BCUT2D eigenvalue weighted by Crippen LogP contribution is -2.60. The monoisotopic (exact) mass is 869 g/mol. The Kier molecular flexibility index (Phi) is 20.0. The number of amides is 7. The van der Waals surface area contributed by atoms with E-state index in [0.29, 0.717) is 36.5 Å². The van der Waals surface area contributed by atoms with E-state index in [1.807, 2.05) is 11.0 Å². The molecule has 1 aliphatic heterocycles. The normalized spacial score (nSPS) is 14.6. The standard InChI is InChI=1S/C44H59N11O8/c45-26-37(57)49-27-38(58)50-34(24-30-15-6-2-7-16-30)41(61)54-36(28-56)43(63)53-35(25-31-17-8-3-9-18-31)42(62)51-32(19-10-11-20-48-44(47)55-21-12-22-55)40(60)52-33(39(46)59)23-29-13-4-1-5-14-29/h1-9,13-18,32-36,56H,10-12,19-28,45H2,(H2,46,59)(H2,47,48)(H,49,57)(H,50,58)(H,51,62)(H,52,60)(H,53,63)(H,54,61)/t32-,33-,34-,35-,36-/m0/s1. The number of nitrogens with zero attached hydrogens (tertiary/aromatic N) is 2. The first-order chi connectivity index (χ1) is 30.4. The van der Waals surface area contributed by atoms with Crippen LogP contribution in [0.3, 0.4) is 0 Å². The summed E-state index contributed by atoms with van der Waals surface area (Å²) in [4.78, 5) is 98.9. The average molecular weight is 870 g/mol. The van der Waals surface area contributed by atoms with Crippen molar-refractivity contribution in [2.24, 2.45) is 22.2 Å². The maximum absolute atomic E-state index is 14.2. The Morgan fingerprint density at radius 1 is 0.587 bits per heavy atom. The summed E-state index contributed by atoms with van der Waals surface area (Å²) in [7, 11) is 0. The number of aliphatic hydroxyl groups is 1. The molecular formula is C44H59N11O8. The highest BCUT2D eigenvalue weighted by atomic mass is 16.3. The minimum atomic E-state index is -1.59. The van der Waals surface area contributed by atoms with Crippen LogP contribution in [0.1, 0.15) is 42.4 Å². The largest absolute Gasteiger partial charge is 0.394 e. The van der Waals surface area contributed by atoms with Crippen molar-refractivity contribution in [3.8, 4) is 0 Å². The molecule has 1 saturated heterocycles. The maximum atomic E-state index is 14.2. The van der Waals surface area contributed by atoms with E-state index in [1.54, 1.807) is 84.9 Å². The van der Waals surface area contributed by atoms with Crippen LogP contribution in [0.25, 0.3) is 0 Å². The lowest BCUT2D eigenvalue weighted by molar-refractivity contribution is -0.135. The summed E-state index contributed by atoms with van der Waals surface area (Å²) in [5, 5.41) is 25.8. The second-order valence-electron chi connectivity index (χ2n) is 15.1. The van der Waals surface area contributed by atoms with E-state index >= 15 is 0 Å². The molecule has 3 aromatic rings. The average Bonchev–Trinajstić information content (AvgIpc) is 3.26. The van der Waals surface area contributed by atoms with Crippen LogP contribution in [0.2, 0.25) is 0 Å². The minimum Gasteiger partial charge on any atom is -0.394 e. The van der Waals surface area contributed by atoms with Crippen LogP contribution in [0.5, 0.6) is 0 Å². The van der Waals surface area contributed by atoms with E-state index in [9.17, 15) is 38.7 Å². The SMILES string of the molecule is NCC(=O)NCC(=O)N[C@@H](Cc1ccccc1)C(=O)N[C@@H](CO)C(=O)N[C@@H](Cc1ccccc1)C(=O)N[C@@H](CCCCN=C(N)N1CCC1)C(=O)N[C@@H](Cc1ccccc1)C(N)=O. The van der Waals surface area contributed by atoms with Gasteiger partial charge in [-0.15, -0.1) is 0 Å². The van der Waals surface area contributed by atoms with Crippen molar-refractivity contribution in [2.75, 3.05) is 39.3 Å². The van der Waals surface area contributed by atoms with E-state index in [-0.39, 0.29) is 32.2 Å². The van der Waals surface area contributed by atoms with Gasteiger partial charge in [-0.3, -0.25) is 38.6 Å². The van der Waals surface area contributed by atoms with Crippen molar-refractivity contribution in [1.29, 1.82) is 0 Å². The predicted octanol–water partition coefficient (Wildman–Crippen LogP) is -2.12. The van der Waals surface area contributed by atoms with E-state index in [4.69, 9.17) is 17.2 Å². The number of unbranched alkanes of at least 4 members (excludes halogenated alkanes) is 1. The quantitative estimate of drug-likeness (QED) is 0.0250. The smallest absolute Gasteiger partial charge is 0.245 e. The summed E-state index contributed by atoms with van der Waals surface area (Å²) in [6, 6.07) is 20.0. The second kappa shape index (κ2) is 25.8. The zero-order valence-electron chi connectivity index (χ0n) is 35.2. The van der Waals surface area contributed by atoms with Crippen molar-refractivity contribution < 1.29 is 38.7 Å². The predicted molar refractivity (Wildman–Crippen MR) is 235 cm³/mol. The van der Waals surface area contributed by atoms with Crippen LogP contribution in [-0.4, -0.2) is 127 Å². The second-order valence-corrected chi connectivity index (χ2v) is 15.1. The third-order valence-electron chi connectivity index (χ3n) is 10.2. The van der Waals surface area contributed by atoms with Crippen LogP contribution in [0, 0.1) is 0 Å². The number of nitrogens with two attached hydrogens (primary N) is 3. The minimum absolute atomic E-state index is 0.00829. The van der Waals surface area contributed by atoms with Gasteiger partial charge in [0.05, 0.1) is 19.7 Å². The summed E-state index contributed by atoms with van der Waals surface area (Å²) in [6.07, 6.45) is 2.15. The molecule has 0 spiro atoms. The third-order valence-corrected chi connectivity index (χ3v) is 10.2. The van der Waals surface area contributed by atoms with Gasteiger partial charge in [-0.1, -0.05) is 91.0 Å². The van der Waals surface area contributed by atoms with E-state index in [2.05, 4.69) is 36.9 Å². The molecule has 63 heavy (non-hydrogen) atoms. The van der Waals surface area contributed by atoms with E-state index in [1.165, 1.54) is 0 Å². The topological polar surface area (TPSA) is 306 Å². The van der Waals surface area contributed by atoms with Gasteiger partial charge < -0.3 is 59.1 Å². The molecule has 19 nitrogen and oxygen atoms in total. The van der Waals surface area contributed by atoms with Crippen LogP contribution in [0.4, 0.5) is 0 Å². The number of guanidine groups is 1. The zero-order valence-corrected chi connectivity index (χ0v) is 35.2. The number of nitrogens with one attached hydrogen (secondary N) is 6. The molecule has 19 heteroatoms. The number of benzene rings is 3. The Bertz CT molecular complexity index is 2000. The lowest BCUT2D eigenvalue weighted by Gasteiger charge is -2.31. The molecule has 0 radical (unpaired) electrons. The Morgan fingerprint density at radius 3 is 1.51 bits per heavy atom. The number of primary amides is 1. The first-order valence-corrected chi connectivity index (χ1v) is 20.9. The molecule has 4 rings (SSSR count). The molecule has 0 aliphatic carbocycles. The van der Waals surface area contributed by atoms with Crippen molar-refractivity contribution in [3.05, 3.63) is 108 Å². The molecule has 1 aliphatic rings. The highest BCUT2D eigenvalue weighted by Gasteiger charge is 2.32. The Hall–Kier alpha value is -6.86.